The van der Waals surface area contributed by atoms with Crippen LogP contribution in [-0.2, 0) is 17.9 Å². The number of alkyl halides is 5. The molecule has 0 fully saturated rings. The number of fused-ring (bicyclic) bond motifs is 1. The normalized spacial score (nSPS) is 21.4. The Kier molecular flexibility index (Phi) is 3.86. The van der Waals surface area contributed by atoms with Crippen molar-refractivity contribution in [2.45, 2.75) is 37.0 Å². The minimum Gasteiger partial charge on any atom is -0.379 e. The van der Waals surface area contributed by atoms with Gasteiger partial charge in [0.05, 0.1) is 5.69 Å². The number of aromatic nitrogens is 1. The van der Waals surface area contributed by atoms with Gasteiger partial charge >= 0.3 is 12.1 Å². The van der Waals surface area contributed by atoms with Crippen LogP contribution in [0.25, 0.3) is 0 Å². The minimum atomic E-state index is -5.70. The van der Waals surface area contributed by atoms with Crippen LogP contribution in [0.4, 0.5) is 22.0 Å². The Morgan fingerprint density at radius 3 is 2.42 bits per heavy atom. The zero-order valence-corrected chi connectivity index (χ0v) is 12.4. The molecule has 1 heterocycles. The highest BCUT2D eigenvalue weighted by Gasteiger charge is 2.59. The summed E-state index contributed by atoms with van der Waals surface area (Å²) < 4.78 is 65.3. The van der Waals surface area contributed by atoms with Crippen LogP contribution >= 0.6 is 0 Å². The predicted octanol–water partition coefficient (Wildman–Crippen LogP) is 4.31. The van der Waals surface area contributed by atoms with E-state index in [0.29, 0.717) is 18.4 Å². The van der Waals surface area contributed by atoms with E-state index in [1.807, 2.05) is 0 Å². The second-order valence-corrected chi connectivity index (χ2v) is 5.87. The van der Waals surface area contributed by atoms with Crippen molar-refractivity contribution in [2.24, 2.45) is 0 Å². The van der Waals surface area contributed by atoms with E-state index < -0.39 is 23.3 Å². The molecule has 0 amide bonds. The molecule has 1 aromatic heterocycles. The lowest BCUT2D eigenvalue weighted by molar-refractivity contribution is -0.289. The molecule has 0 saturated heterocycles. The largest absolute Gasteiger partial charge is 0.458 e. The van der Waals surface area contributed by atoms with Gasteiger partial charge in [0.15, 0.2) is 0 Å². The van der Waals surface area contributed by atoms with Crippen molar-refractivity contribution in [3.05, 3.63) is 65.0 Å². The summed E-state index contributed by atoms with van der Waals surface area (Å²) in [5.41, 5.74) is -2.00. The van der Waals surface area contributed by atoms with Gasteiger partial charge in [-0.1, -0.05) is 18.2 Å². The third-order valence-corrected chi connectivity index (χ3v) is 4.35. The van der Waals surface area contributed by atoms with Crippen molar-refractivity contribution in [3.63, 3.8) is 0 Å². The molecule has 3 rings (SSSR count). The monoisotopic (exact) mass is 343 g/mol. The Balaban J connectivity index is 2.15. The molecule has 0 bridgehead atoms. The molecule has 7 heteroatoms. The van der Waals surface area contributed by atoms with E-state index in [2.05, 4.69) is 4.98 Å². The molecule has 0 spiro atoms. The van der Waals surface area contributed by atoms with Gasteiger partial charge in [0.2, 0.25) is 0 Å². The zero-order chi connectivity index (χ0) is 17.6. The molecule has 0 saturated carbocycles. The van der Waals surface area contributed by atoms with Crippen molar-refractivity contribution in [1.82, 2.24) is 4.98 Å². The lowest BCUT2D eigenvalue weighted by Gasteiger charge is -2.35. The van der Waals surface area contributed by atoms with Crippen LogP contribution in [-0.4, -0.2) is 16.3 Å². The molecule has 2 nitrogen and oxygen atoms in total. The first-order valence-corrected chi connectivity index (χ1v) is 7.38. The van der Waals surface area contributed by atoms with Crippen LogP contribution in [0.2, 0.25) is 0 Å². The van der Waals surface area contributed by atoms with Crippen molar-refractivity contribution in [3.8, 4) is 0 Å². The van der Waals surface area contributed by atoms with Gasteiger partial charge in [-0.3, -0.25) is 4.98 Å². The quantitative estimate of drug-likeness (QED) is 0.825. The molecule has 0 aliphatic heterocycles. The van der Waals surface area contributed by atoms with E-state index in [-0.39, 0.29) is 17.7 Å². The number of aryl methyl sites for hydroxylation is 1. The van der Waals surface area contributed by atoms with E-state index in [1.165, 1.54) is 18.3 Å². The molecule has 1 atom stereocenters. The molecule has 1 N–H and O–H groups in total. The summed E-state index contributed by atoms with van der Waals surface area (Å²) in [4.78, 5) is 4.05. The Labute approximate surface area is 135 Å². The number of hydrogen-bond donors (Lipinski definition) is 1. The summed E-state index contributed by atoms with van der Waals surface area (Å²) in [5.74, 6) is -4.98. The summed E-state index contributed by atoms with van der Waals surface area (Å²) >= 11 is 0. The van der Waals surface area contributed by atoms with Crippen LogP contribution in [0.3, 0.4) is 0 Å². The van der Waals surface area contributed by atoms with Gasteiger partial charge in [-0.05, 0) is 48.6 Å². The number of nitrogens with zero attached hydrogens (tertiary/aromatic N) is 1. The number of aliphatic hydroxyl groups is 1. The third-order valence-electron chi connectivity index (χ3n) is 4.35. The molecular weight excluding hydrogens is 329 g/mol. The van der Waals surface area contributed by atoms with Crippen molar-refractivity contribution in [1.29, 1.82) is 0 Å². The topological polar surface area (TPSA) is 33.1 Å². The molecule has 0 radical (unpaired) electrons. The SMILES string of the molecule is OC1(c2ccccn2)CCCc2ccc(C(F)(F)C(F)(F)F)cc21. The molecule has 1 aliphatic rings. The second kappa shape index (κ2) is 5.51. The summed E-state index contributed by atoms with van der Waals surface area (Å²) in [6.45, 7) is 0. The number of pyridine rings is 1. The molecular formula is C17H14F5NO. The number of halogens is 5. The van der Waals surface area contributed by atoms with Gasteiger partial charge in [0.25, 0.3) is 0 Å². The summed E-state index contributed by atoms with van der Waals surface area (Å²) in [5, 5.41) is 11.0. The number of benzene rings is 1. The number of hydrogen-bond acceptors (Lipinski definition) is 2. The molecule has 1 unspecified atom stereocenters. The smallest absolute Gasteiger partial charge is 0.379 e. The Morgan fingerprint density at radius 1 is 1.04 bits per heavy atom. The van der Waals surface area contributed by atoms with Crippen LogP contribution in [0.15, 0.2) is 42.6 Å². The van der Waals surface area contributed by atoms with Crippen molar-refractivity contribution in [2.75, 3.05) is 0 Å². The molecule has 128 valence electrons. The molecule has 1 aromatic carbocycles. The maximum absolute atomic E-state index is 13.7. The van der Waals surface area contributed by atoms with E-state index in [0.717, 1.165) is 12.1 Å². The first-order valence-electron chi connectivity index (χ1n) is 7.38. The average Bonchev–Trinajstić information content (AvgIpc) is 2.54. The number of rotatable bonds is 2. The third kappa shape index (κ3) is 2.56. The highest BCUT2D eigenvalue weighted by Crippen LogP contribution is 2.47. The van der Waals surface area contributed by atoms with Gasteiger partial charge in [-0.2, -0.15) is 22.0 Å². The predicted molar refractivity (Wildman–Crippen MR) is 76.6 cm³/mol. The Morgan fingerprint density at radius 2 is 1.79 bits per heavy atom. The first kappa shape index (κ1) is 16.8. The Hall–Kier alpha value is -2.02. The standard InChI is InChI=1S/C17H14F5NO/c18-16(19,17(20,21)22)12-7-6-11-4-3-8-15(24,13(11)10-12)14-5-1-2-9-23-14/h1-2,5-7,9-10,24H,3-4,8H2. The zero-order valence-electron chi connectivity index (χ0n) is 12.4. The van der Waals surface area contributed by atoms with Gasteiger partial charge in [-0.25, -0.2) is 0 Å². The summed E-state index contributed by atoms with van der Waals surface area (Å²) in [6.07, 6.45) is -2.97. The van der Waals surface area contributed by atoms with Crippen LogP contribution in [0.1, 0.15) is 35.2 Å². The van der Waals surface area contributed by atoms with Gasteiger partial charge in [0, 0.05) is 11.8 Å². The fraction of sp³-hybridized carbons (Fsp3) is 0.353. The first-order chi connectivity index (χ1) is 11.2. The lowest BCUT2D eigenvalue weighted by atomic mass is 9.76. The van der Waals surface area contributed by atoms with E-state index in [1.54, 1.807) is 12.1 Å². The molecule has 24 heavy (non-hydrogen) atoms. The maximum Gasteiger partial charge on any atom is 0.458 e. The van der Waals surface area contributed by atoms with Gasteiger partial charge < -0.3 is 5.11 Å². The van der Waals surface area contributed by atoms with E-state index in [4.69, 9.17) is 0 Å². The highest BCUT2D eigenvalue weighted by atomic mass is 19.4. The molecule has 2 aromatic rings. The van der Waals surface area contributed by atoms with Crippen molar-refractivity contribution < 1.29 is 27.1 Å². The van der Waals surface area contributed by atoms with Crippen LogP contribution in [0, 0.1) is 0 Å². The van der Waals surface area contributed by atoms with Crippen LogP contribution in [0.5, 0.6) is 0 Å². The summed E-state index contributed by atoms with van der Waals surface area (Å²) in [6, 6.07) is 7.56. The lowest BCUT2D eigenvalue weighted by Crippen LogP contribution is -2.36. The Bertz CT molecular complexity index is 744. The van der Waals surface area contributed by atoms with E-state index >= 15 is 0 Å². The maximum atomic E-state index is 13.7. The minimum absolute atomic E-state index is 0.0638. The van der Waals surface area contributed by atoms with Crippen molar-refractivity contribution >= 4 is 0 Å². The molecule has 1 aliphatic carbocycles. The van der Waals surface area contributed by atoms with Gasteiger partial charge in [-0.15, -0.1) is 0 Å². The summed E-state index contributed by atoms with van der Waals surface area (Å²) in [7, 11) is 0. The highest BCUT2D eigenvalue weighted by molar-refractivity contribution is 5.44. The fourth-order valence-corrected chi connectivity index (χ4v) is 3.08. The van der Waals surface area contributed by atoms with Gasteiger partial charge in [0.1, 0.15) is 5.60 Å². The van der Waals surface area contributed by atoms with Crippen LogP contribution < -0.4 is 0 Å². The van der Waals surface area contributed by atoms with E-state index in [9.17, 15) is 27.1 Å². The average molecular weight is 343 g/mol. The second-order valence-electron chi connectivity index (χ2n) is 5.87. The fourth-order valence-electron chi connectivity index (χ4n) is 3.08.